The molecule has 8 heteroatoms. The topological polar surface area (TPSA) is 67.9 Å². The predicted octanol–water partition coefficient (Wildman–Crippen LogP) is 5.30. The van der Waals surface area contributed by atoms with Crippen molar-refractivity contribution in [3.63, 3.8) is 0 Å². The number of alkyl halides is 1. The van der Waals surface area contributed by atoms with E-state index in [4.69, 9.17) is 1.37 Å². The number of carbonyl (C=O) groups is 1. The molecule has 0 fully saturated rings. The number of aromatic amines is 1. The number of rotatable bonds is 3. The van der Waals surface area contributed by atoms with E-state index in [2.05, 4.69) is 42.9 Å². The van der Waals surface area contributed by atoms with Gasteiger partial charge in [-0.2, -0.15) is 0 Å². The van der Waals surface area contributed by atoms with Gasteiger partial charge in [0.2, 0.25) is 5.91 Å². The number of aromatic nitrogens is 1. The first-order valence-corrected chi connectivity index (χ1v) is 13.2. The van der Waals surface area contributed by atoms with E-state index in [0.29, 0.717) is 17.5 Å². The van der Waals surface area contributed by atoms with Gasteiger partial charge in [-0.15, -0.1) is 5.60 Å². The Balaban J connectivity index is 0. The van der Waals surface area contributed by atoms with Crippen LogP contribution < -0.4 is 61.8 Å². The second-order valence-corrected chi connectivity index (χ2v) is 12.2. The number of hydrogen-bond donors (Lipinski definition) is 2. The number of halogens is 3. The van der Waals surface area contributed by atoms with E-state index in [0.717, 1.165) is 17.6 Å². The molecule has 2 N–H and O–H groups in total. The molecule has 0 spiro atoms. The van der Waals surface area contributed by atoms with E-state index in [9.17, 15) is 23.1 Å². The molecule has 3 rings (SSSR count). The van der Waals surface area contributed by atoms with Gasteiger partial charge in [-0.25, -0.2) is 8.78 Å². The summed E-state index contributed by atoms with van der Waals surface area (Å²) in [7, 11) is -1.00. The van der Waals surface area contributed by atoms with Crippen LogP contribution in [0.25, 0.3) is 10.9 Å². The predicted molar refractivity (Wildman–Crippen MR) is 160 cm³/mol. The van der Waals surface area contributed by atoms with Crippen LogP contribution in [-0.4, -0.2) is 23.6 Å². The molecule has 0 aliphatic rings. The van der Waals surface area contributed by atoms with Gasteiger partial charge in [0, 0.05) is 33.8 Å². The van der Waals surface area contributed by atoms with Crippen molar-refractivity contribution in [2.75, 3.05) is 12.5 Å². The van der Waals surface area contributed by atoms with Crippen LogP contribution in [0.5, 0.6) is 0 Å². The van der Waals surface area contributed by atoms with Gasteiger partial charge >= 0.3 is 51.4 Å². The SMILES string of the molecule is CC(C)(C)[O-].CC(C)(C)c1cc2c(F)cccc2[nH]1.CCCC(=O)Nc1cccc(F)c1C#CC(C)(C)C.[2H]CF.[K+]. The smallest absolute Gasteiger partial charge is 0.850 e. The number of benzene rings is 2. The maximum Gasteiger partial charge on any atom is 1.00 e. The monoisotopic (exact) mass is 599 g/mol. The van der Waals surface area contributed by atoms with Crippen LogP contribution in [0.15, 0.2) is 42.5 Å². The molecule has 1 amide bonds. The zero-order valence-electron chi connectivity index (χ0n) is 27.6. The molecule has 0 aliphatic heterocycles. The minimum absolute atomic E-state index is 0. The fraction of sp³-hybridized carbons (Fsp3) is 0.485. The molecule has 222 valence electrons. The fourth-order valence-electron chi connectivity index (χ4n) is 2.97. The average molecular weight is 600 g/mol. The maximum absolute atomic E-state index is 13.8. The standard InChI is InChI=1S/C16H20FNO.C12H14FN.C4H9O.CH3F.K/c1-5-7-15(19)18-14-9-6-8-13(17)12(14)10-11-16(2,3)4;1-12(2,3)11-7-8-9(13)5-4-6-10(8)14-11;1-4(2,3)5;1-2;/h6,8-9H,5,7H2,1-4H3,(H,18,19);4-7,14H,1-3H3;1-3H3;1H3;/q;;-1;;+1/i;;;1D;. The molecular formula is C33H46F3KN2O2. The molecule has 41 heavy (non-hydrogen) atoms. The molecule has 2 aromatic carbocycles. The Kier molecular flexibility index (Phi) is 18.1. The summed E-state index contributed by atoms with van der Waals surface area (Å²) in [6.45, 7) is 19.0. The molecule has 0 unspecified atom stereocenters. The van der Waals surface area contributed by atoms with Crippen molar-refractivity contribution < 1.29 is 75.8 Å². The van der Waals surface area contributed by atoms with E-state index in [-0.39, 0.29) is 79.5 Å². The molecule has 0 saturated carbocycles. The van der Waals surface area contributed by atoms with E-state index in [1.54, 1.807) is 39.0 Å². The molecule has 0 aliphatic carbocycles. The zero-order valence-corrected chi connectivity index (χ0v) is 29.7. The van der Waals surface area contributed by atoms with Gasteiger partial charge in [-0.1, -0.05) is 72.4 Å². The van der Waals surface area contributed by atoms with Crippen molar-refractivity contribution in [1.29, 1.82) is 0 Å². The van der Waals surface area contributed by atoms with Crippen molar-refractivity contribution in [2.45, 2.75) is 93.1 Å². The molecule has 3 aromatic rings. The third-order valence-corrected chi connectivity index (χ3v) is 4.75. The van der Waals surface area contributed by atoms with Crippen molar-refractivity contribution in [3.05, 3.63) is 65.4 Å². The molecule has 0 radical (unpaired) electrons. The quantitative estimate of drug-likeness (QED) is 0.317. The van der Waals surface area contributed by atoms with Gasteiger partial charge in [0.25, 0.3) is 0 Å². The van der Waals surface area contributed by atoms with Gasteiger partial charge in [0.1, 0.15) is 11.6 Å². The van der Waals surface area contributed by atoms with Gasteiger partial charge in [-0.3, -0.25) is 9.18 Å². The summed E-state index contributed by atoms with van der Waals surface area (Å²) in [6.07, 6.45) is 1.17. The van der Waals surface area contributed by atoms with Gasteiger partial charge < -0.3 is 15.4 Å². The Bertz CT molecular complexity index is 1290. The molecule has 0 bridgehead atoms. The molecule has 1 heterocycles. The van der Waals surface area contributed by atoms with Crippen LogP contribution in [-0.2, 0) is 10.2 Å². The van der Waals surface area contributed by atoms with Crippen LogP contribution in [0.1, 0.15) is 94.7 Å². The first kappa shape index (κ1) is 39.4. The number of anilines is 1. The molecule has 1 aromatic heterocycles. The maximum atomic E-state index is 13.8. The van der Waals surface area contributed by atoms with E-state index in [1.807, 2.05) is 39.8 Å². The van der Waals surface area contributed by atoms with Crippen molar-refractivity contribution in [2.24, 2.45) is 5.41 Å². The summed E-state index contributed by atoms with van der Waals surface area (Å²) >= 11 is 0. The van der Waals surface area contributed by atoms with Crippen molar-refractivity contribution in [3.8, 4) is 11.8 Å². The molecule has 0 saturated heterocycles. The summed E-state index contributed by atoms with van der Waals surface area (Å²) in [6, 6.07) is 11.6. The minimum atomic E-state index is -1.00. The first-order valence-electron chi connectivity index (χ1n) is 13.9. The number of carbonyl (C=O) groups excluding carboxylic acids is 1. The Hall–Kier alpha value is -1.60. The van der Waals surface area contributed by atoms with Crippen LogP contribution in [0.3, 0.4) is 0 Å². The number of amides is 1. The number of H-pyrrole nitrogens is 1. The van der Waals surface area contributed by atoms with Crippen molar-refractivity contribution in [1.82, 2.24) is 4.98 Å². The summed E-state index contributed by atoms with van der Waals surface area (Å²) < 4.78 is 42.7. The summed E-state index contributed by atoms with van der Waals surface area (Å²) in [4.78, 5) is 14.8. The van der Waals surface area contributed by atoms with Crippen LogP contribution in [0.2, 0.25) is 0 Å². The van der Waals surface area contributed by atoms with Gasteiger partial charge in [0.05, 0.1) is 19.8 Å². The second-order valence-electron chi connectivity index (χ2n) is 12.2. The van der Waals surface area contributed by atoms with E-state index >= 15 is 0 Å². The van der Waals surface area contributed by atoms with Crippen LogP contribution in [0, 0.1) is 28.9 Å². The van der Waals surface area contributed by atoms with Gasteiger partial charge in [-0.05, 0) is 57.5 Å². The molecule has 0 atom stereocenters. The van der Waals surface area contributed by atoms with Crippen LogP contribution in [0.4, 0.5) is 18.9 Å². The molecule has 4 nitrogen and oxygen atoms in total. The number of nitrogens with one attached hydrogen (secondary N) is 2. The second kappa shape index (κ2) is 18.8. The number of fused-ring (bicyclic) bond motifs is 1. The Morgan fingerprint density at radius 1 is 1.00 bits per heavy atom. The molecular weight excluding hydrogens is 552 g/mol. The van der Waals surface area contributed by atoms with E-state index in [1.165, 1.54) is 12.1 Å². The Morgan fingerprint density at radius 2 is 1.51 bits per heavy atom. The van der Waals surface area contributed by atoms with Crippen LogP contribution >= 0.6 is 0 Å². The largest absolute Gasteiger partial charge is 1.00 e. The minimum Gasteiger partial charge on any atom is -0.850 e. The first-order chi connectivity index (χ1) is 18.7. The summed E-state index contributed by atoms with van der Waals surface area (Å²) in [5.74, 6) is 5.12. The Labute approximate surface area is 289 Å². The Morgan fingerprint density at radius 3 is 1.98 bits per heavy atom. The zero-order chi connectivity index (χ0) is 32.0. The third-order valence-electron chi connectivity index (χ3n) is 4.75. The summed E-state index contributed by atoms with van der Waals surface area (Å²) in [5, 5.41) is 13.5. The van der Waals surface area contributed by atoms with Crippen molar-refractivity contribution >= 4 is 22.5 Å². The van der Waals surface area contributed by atoms with E-state index < -0.39 is 18.6 Å². The van der Waals surface area contributed by atoms with Gasteiger partial charge in [0.15, 0.2) is 0 Å². The number of hydrogen-bond acceptors (Lipinski definition) is 2. The normalized spacial score (nSPS) is 11.0. The third kappa shape index (κ3) is 17.8. The fourth-order valence-corrected chi connectivity index (χ4v) is 2.97. The summed E-state index contributed by atoms with van der Waals surface area (Å²) in [5.41, 5.74) is 1.70. The average Bonchev–Trinajstić information content (AvgIpc) is 3.25.